The van der Waals surface area contributed by atoms with E-state index in [0.29, 0.717) is 15.8 Å². The molecule has 2 aromatic heterocycles. The van der Waals surface area contributed by atoms with Gasteiger partial charge in [0, 0.05) is 0 Å². The third-order valence-corrected chi connectivity index (χ3v) is 3.25. The second kappa shape index (κ2) is 4.63. The summed E-state index contributed by atoms with van der Waals surface area (Å²) in [6, 6.07) is 7.01. The maximum Gasteiger partial charge on any atom is 0.267 e. The van der Waals surface area contributed by atoms with E-state index in [1.165, 1.54) is 11.3 Å². The Morgan fingerprint density at radius 2 is 2.25 bits per heavy atom. The monoisotopic (exact) mass is 252 g/mol. The van der Waals surface area contributed by atoms with Crippen molar-refractivity contribution in [2.75, 3.05) is 5.32 Å². The Kier molecular flexibility index (Phi) is 3.22. The van der Waals surface area contributed by atoms with Crippen molar-refractivity contribution >= 4 is 34.7 Å². The molecule has 3 nitrogen and oxygen atoms in total. The Morgan fingerprint density at radius 3 is 2.88 bits per heavy atom. The molecule has 0 saturated heterocycles. The predicted octanol–water partition coefficient (Wildman–Crippen LogP) is 3.36. The van der Waals surface area contributed by atoms with Crippen molar-refractivity contribution in [3.63, 3.8) is 0 Å². The number of hydrogen-bond acceptors (Lipinski definition) is 3. The fraction of sp³-hybridized carbons (Fsp3) is 0.0909. The molecular weight excluding hydrogens is 244 g/mol. The Hall–Kier alpha value is -1.39. The third-order valence-electron chi connectivity index (χ3n) is 2.03. The van der Waals surface area contributed by atoms with Gasteiger partial charge in [0.1, 0.15) is 11.0 Å². The van der Waals surface area contributed by atoms with Crippen LogP contribution in [0.25, 0.3) is 0 Å². The molecule has 0 fully saturated rings. The van der Waals surface area contributed by atoms with Crippen molar-refractivity contribution in [2.45, 2.75) is 6.92 Å². The molecule has 0 radical (unpaired) electrons. The van der Waals surface area contributed by atoms with E-state index in [2.05, 4.69) is 10.3 Å². The van der Waals surface area contributed by atoms with Gasteiger partial charge in [-0.1, -0.05) is 17.7 Å². The minimum absolute atomic E-state index is 0.151. The van der Waals surface area contributed by atoms with E-state index < -0.39 is 0 Å². The van der Waals surface area contributed by atoms with Gasteiger partial charge < -0.3 is 5.32 Å². The van der Waals surface area contributed by atoms with Crippen LogP contribution >= 0.6 is 22.9 Å². The van der Waals surface area contributed by atoms with Crippen molar-refractivity contribution in [2.24, 2.45) is 0 Å². The highest BCUT2D eigenvalue weighted by molar-refractivity contribution is 7.12. The summed E-state index contributed by atoms with van der Waals surface area (Å²) in [5, 5.41) is 4.95. The number of halogens is 1. The molecule has 16 heavy (non-hydrogen) atoms. The van der Waals surface area contributed by atoms with Crippen molar-refractivity contribution in [3.8, 4) is 0 Å². The molecular formula is C11H9ClN2OS. The number of thiophene rings is 1. The van der Waals surface area contributed by atoms with E-state index >= 15 is 0 Å². The average molecular weight is 253 g/mol. The van der Waals surface area contributed by atoms with Crippen molar-refractivity contribution in [1.29, 1.82) is 0 Å². The molecule has 0 aliphatic rings. The number of rotatable bonds is 2. The van der Waals surface area contributed by atoms with Gasteiger partial charge in [-0.15, -0.1) is 11.3 Å². The molecule has 0 aromatic carbocycles. The lowest BCUT2D eigenvalue weighted by Crippen LogP contribution is -2.12. The summed E-state index contributed by atoms with van der Waals surface area (Å²) in [4.78, 5) is 16.5. The lowest BCUT2D eigenvalue weighted by Gasteiger charge is -2.03. The van der Waals surface area contributed by atoms with E-state index in [9.17, 15) is 4.79 Å². The largest absolute Gasteiger partial charge is 0.306 e. The molecule has 0 aliphatic heterocycles. The van der Waals surface area contributed by atoms with Crippen molar-refractivity contribution in [1.82, 2.24) is 4.98 Å². The first-order valence-electron chi connectivity index (χ1n) is 4.65. The first kappa shape index (κ1) is 11.1. The Bertz CT molecular complexity index is 524. The SMILES string of the molecule is Cc1ccsc1C(=O)Nc1cccc(Cl)n1. The molecule has 0 aliphatic carbocycles. The van der Waals surface area contributed by atoms with Gasteiger partial charge >= 0.3 is 0 Å². The van der Waals surface area contributed by atoms with Crippen LogP contribution in [0.2, 0.25) is 5.15 Å². The van der Waals surface area contributed by atoms with E-state index in [1.807, 2.05) is 18.4 Å². The summed E-state index contributed by atoms with van der Waals surface area (Å²) < 4.78 is 0. The van der Waals surface area contributed by atoms with E-state index in [0.717, 1.165) is 5.56 Å². The number of anilines is 1. The summed E-state index contributed by atoms with van der Waals surface area (Å²) in [5.74, 6) is 0.313. The highest BCUT2D eigenvalue weighted by Gasteiger charge is 2.10. The Morgan fingerprint density at radius 1 is 1.44 bits per heavy atom. The van der Waals surface area contributed by atoms with Gasteiger partial charge in [0.15, 0.2) is 0 Å². The topological polar surface area (TPSA) is 42.0 Å². The second-order valence-corrected chi connectivity index (χ2v) is 4.54. The van der Waals surface area contributed by atoms with E-state index in [-0.39, 0.29) is 5.91 Å². The number of aromatic nitrogens is 1. The number of aryl methyl sites for hydroxylation is 1. The maximum absolute atomic E-state index is 11.8. The number of pyridine rings is 1. The molecule has 0 bridgehead atoms. The van der Waals surface area contributed by atoms with E-state index in [1.54, 1.807) is 18.2 Å². The second-order valence-electron chi connectivity index (χ2n) is 3.23. The minimum atomic E-state index is -0.151. The van der Waals surface area contributed by atoms with Gasteiger partial charge in [-0.25, -0.2) is 4.98 Å². The van der Waals surface area contributed by atoms with Crippen molar-refractivity contribution in [3.05, 3.63) is 45.2 Å². The zero-order chi connectivity index (χ0) is 11.5. The van der Waals surface area contributed by atoms with Gasteiger partial charge in [0.05, 0.1) is 4.88 Å². The van der Waals surface area contributed by atoms with Gasteiger partial charge in [0.25, 0.3) is 5.91 Å². The summed E-state index contributed by atoms with van der Waals surface area (Å²) >= 11 is 7.13. The quantitative estimate of drug-likeness (QED) is 0.833. The molecule has 2 heterocycles. The molecule has 2 aromatic rings. The summed E-state index contributed by atoms with van der Waals surface area (Å²) in [5.41, 5.74) is 0.963. The smallest absolute Gasteiger partial charge is 0.267 e. The number of carbonyl (C=O) groups excluding carboxylic acids is 1. The number of nitrogens with one attached hydrogen (secondary N) is 1. The normalized spacial score (nSPS) is 10.1. The van der Waals surface area contributed by atoms with Crippen LogP contribution in [0.15, 0.2) is 29.6 Å². The molecule has 5 heteroatoms. The van der Waals surface area contributed by atoms with Crippen LogP contribution in [0.5, 0.6) is 0 Å². The van der Waals surface area contributed by atoms with Crippen LogP contribution in [0.4, 0.5) is 5.82 Å². The van der Waals surface area contributed by atoms with Gasteiger partial charge in [0.2, 0.25) is 0 Å². The van der Waals surface area contributed by atoms with Crippen LogP contribution in [0, 0.1) is 6.92 Å². The number of nitrogens with zero attached hydrogens (tertiary/aromatic N) is 1. The summed E-state index contributed by atoms with van der Waals surface area (Å²) in [6.45, 7) is 1.90. The number of carbonyl (C=O) groups is 1. The molecule has 82 valence electrons. The first-order valence-corrected chi connectivity index (χ1v) is 5.90. The van der Waals surface area contributed by atoms with Crippen LogP contribution in [-0.4, -0.2) is 10.9 Å². The number of hydrogen-bond donors (Lipinski definition) is 1. The molecule has 0 atom stereocenters. The fourth-order valence-electron chi connectivity index (χ4n) is 1.26. The van der Waals surface area contributed by atoms with Gasteiger partial charge in [-0.05, 0) is 36.1 Å². The zero-order valence-electron chi connectivity index (χ0n) is 8.53. The average Bonchev–Trinajstić information content (AvgIpc) is 2.64. The maximum atomic E-state index is 11.8. The number of amides is 1. The fourth-order valence-corrected chi connectivity index (χ4v) is 2.24. The minimum Gasteiger partial charge on any atom is -0.306 e. The Balaban J connectivity index is 2.17. The van der Waals surface area contributed by atoms with Crippen LogP contribution in [-0.2, 0) is 0 Å². The molecule has 0 saturated carbocycles. The molecule has 2 rings (SSSR count). The zero-order valence-corrected chi connectivity index (χ0v) is 10.1. The lowest BCUT2D eigenvalue weighted by molar-refractivity contribution is 0.102. The Labute approximate surface area is 102 Å². The highest BCUT2D eigenvalue weighted by atomic mass is 35.5. The van der Waals surface area contributed by atoms with E-state index in [4.69, 9.17) is 11.6 Å². The molecule has 0 spiro atoms. The summed E-state index contributed by atoms with van der Waals surface area (Å²) in [6.07, 6.45) is 0. The van der Waals surface area contributed by atoms with Crippen LogP contribution < -0.4 is 5.32 Å². The summed E-state index contributed by atoms with van der Waals surface area (Å²) in [7, 11) is 0. The standard InChI is InChI=1S/C11H9ClN2OS/c1-7-5-6-16-10(7)11(15)14-9-4-2-3-8(12)13-9/h2-6H,1H3,(H,13,14,15). The third kappa shape index (κ3) is 2.40. The van der Waals surface area contributed by atoms with Gasteiger partial charge in [-0.2, -0.15) is 0 Å². The molecule has 1 N–H and O–H groups in total. The van der Waals surface area contributed by atoms with Crippen LogP contribution in [0.3, 0.4) is 0 Å². The molecule has 1 amide bonds. The van der Waals surface area contributed by atoms with Gasteiger partial charge in [-0.3, -0.25) is 4.79 Å². The first-order chi connectivity index (χ1) is 7.66. The van der Waals surface area contributed by atoms with Crippen molar-refractivity contribution < 1.29 is 4.79 Å². The lowest BCUT2D eigenvalue weighted by atomic mass is 10.3. The molecule has 0 unspecified atom stereocenters. The predicted molar refractivity (Wildman–Crippen MR) is 66.3 cm³/mol. The highest BCUT2D eigenvalue weighted by Crippen LogP contribution is 2.17. The van der Waals surface area contributed by atoms with Crippen LogP contribution in [0.1, 0.15) is 15.2 Å².